The van der Waals surface area contributed by atoms with Gasteiger partial charge in [-0.25, -0.2) is 0 Å². The molecule has 2 aromatic carbocycles. The molecule has 0 saturated carbocycles. The largest absolute Gasteiger partial charge is 0.497 e. The average molecular weight is 252 g/mol. The van der Waals surface area contributed by atoms with Gasteiger partial charge in [-0.05, 0) is 47.7 Å². The van der Waals surface area contributed by atoms with Gasteiger partial charge in [0.1, 0.15) is 5.75 Å². The van der Waals surface area contributed by atoms with E-state index < -0.39 is 0 Å². The summed E-state index contributed by atoms with van der Waals surface area (Å²) in [5.41, 5.74) is 3.03. The van der Waals surface area contributed by atoms with Crippen molar-refractivity contribution in [2.45, 2.75) is 32.1 Å². The molecule has 2 aromatic rings. The second-order valence-electron chi connectivity index (χ2n) is 5.37. The van der Waals surface area contributed by atoms with Gasteiger partial charge < -0.3 is 4.74 Å². The van der Waals surface area contributed by atoms with Crippen molar-refractivity contribution < 1.29 is 4.74 Å². The second-order valence-corrected chi connectivity index (χ2v) is 5.37. The minimum absolute atomic E-state index is 0.550. The van der Waals surface area contributed by atoms with Crippen molar-refractivity contribution in [1.29, 1.82) is 0 Å². The first kappa shape index (κ1) is 12.3. The van der Waals surface area contributed by atoms with Crippen LogP contribution in [0.1, 0.15) is 37.7 Å². The molecular formula is C18H20O. The predicted molar refractivity (Wildman–Crippen MR) is 80.8 cm³/mol. The molecule has 1 aliphatic carbocycles. The molecule has 0 N–H and O–H groups in total. The third-order valence-electron chi connectivity index (χ3n) is 4.20. The molecule has 0 amide bonds. The number of hydrogen-bond acceptors (Lipinski definition) is 1. The van der Waals surface area contributed by atoms with Gasteiger partial charge in [0.05, 0.1) is 7.11 Å². The predicted octanol–water partition coefficient (Wildman–Crippen LogP) is 5.06. The molecule has 1 atom stereocenters. The maximum Gasteiger partial charge on any atom is 0.119 e. The van der Waals surface area contributed by atoms with Crippen LogP contribution in [0.5, 0.6) is 5.75 Å². The molecule has 0 spiro atoms. The molecule has 0 heterocycles. The highest BCUT2D eigenvalue weighted by Crippen LogP contribution is 2.33. The van der Waals surface area contributed by atoms with E-state index in [2.05, 4.69) is 43.3 Å². The summed E-state index contributed by atoms with van der Waals surface area (Å²) < 4.78 is 5.27. The quantitative estimate of drug-likeness (QED) is 0.693. The van der Waals surface area contributed by atoms with Gasteiger partial charge in [0.15, 0.2) is 0 Å². The molecule has 1 unspecified atom stereocenters. The fourth-order valence-corrected chi connectivity index (χ4v) is 2.94. The van der Waals surface area contributed by atoms with E-state index >= 15 is 0 Å². The van der Waals surface area contributed by atoms with Crippen LogP contribution in [-0.4, -0.2) is 7.11 Å². The third kappa shape index (κ3) is 2.37. The molecule has 1 aliphatic rings. The smallest absolute Gasteiger partial charge is 0.119 e. The first-order chi connectivity index (χ1) is 9.28. The van der Waals surface area contributed by atoms with E-state index in [0.717, 1.165) is 5.75 Å². The van der Waals surface area contributed by atoms with Crippen LogP contribution in [0.4, 0.5) is 0 Å². The van der Waals surface area contributed by atoms with Crippen molar-refractivity contribution in [2.75, 3.05) is 7.11 Å². The molecule has 0 aromatic heterocycles. The van der Waals surface area contributed by atoms with E-state index in [1.165, 1.54) is 35.6 Å². The van der Waals surface area contributed by atoms with E-state index in [9.17, 15) is 0 Å². The SMILES string of the molecule is COc1ccc2cc(C(C)C3=CCCC3)ccc2c1. The lowest BCUT2D eigenvalue weighted by atomic mass is 9.91. The van der Waals surface area contributed by atoms with Crippen LogP contribution >= 0.6 is 0 Å². The minimum Gasteiger partial charge on any atom is -0.497 e. The standard InChI is InChI=1S/C18H20O/c1-13(14-5-3-4-6-14)15-7-8-17-12-18(19-2)10-9-16(17)11-15/h5,7-13H,3-4,6H2,1-2H3. The topological polar surface area (TPSA) is 9.23 Å². The summed E-state index contributed by atoms with van der Waals surface area (Å²) in [5, 5.41) is 2.54. The summed E-state index contributed by atoms with van der Waals surface area (Å²) in [5.74, 6) is 1.47. The summed E-state index contributed by atoms with van der Waals surface area (Å²) in [6, 6.07) is 13.1. The second kappa shape index (κ2) is 5.08. The minimum atomic E-state index is 0.550. The maximum absolute atomic E-state index is 5.27. The van der Waals surface area contributed by atoms with Crippen molar-refractivity contribution >= 4 is 10.8 Å². The van der Waals surface area contributed by atoms with Crippen LogP contribution in [-0.2, 0) is 0 Å². The molecule has 98 valence electrons. The van der Waals surface area contributed by atoms with Gasteiger partial charge >= 0.3 is 0 Å². The lowest BCUT2D eigenvalue weighted by Gasteiger charge is -2.14. The van der Waals surface area contributed by atoms with E-state index in [4.69, 9.17) is 4.74 Å². The Bertz CT molecular complexity index is 625. The Kier molecular flexibility index (Phi) is 3.29. The number of ether oxygens (including phenoxy) is 1. The fourth-order valence-electron chi connectivity index (χ4n) is 2.94. The Morgan fingerprint density at radius 2 is 1.84 bits per heavy atom. The lowest BCUT2D eigenvalue weighted by Crippen LogP contribution is -1.96. The molecule has 19 heavy (non-hydrogen) atoms. The number of rotatable bonds is 3. The summed E-state index contributed by atoms with van der Waals surface area (Å²) in [4.78, 5) is 0. The lowest BCUT2D eigenvalue weighted by molar-refractivity contribution is 0.415. The van der Waals surface area contributed by atoms with Crippen LogP contribution in [0.2, 0.25) is 0 Å². The van der Waals surface area contributed by atoms with Crippen molar-refractivity contribution in [1.82, 2.24) is 0 Å². The van der Waals surface area contributed by atoms with E-state index in [-0.39, 0.29) is 0 Å². The Labute approximate surface area is 114 Å². The van der Waals surface area contributed by atoms with Crippen LogP contribution in [0, 0.1) is 0 Å². The Balaban J connectivity index is 1.97. The highest BCUT2D eigenvalue weighted by molar-refractivity contribution is 5.84. The van der Waals surface area contributed by atoms with Gasteiger partial charge in [-0.3, -0.25) is 0 Å². The number of benzene rings is 2. The summed E-state index contributed by atoms with van der Waals surface area (Å²) in [7, 11) is 1.71. The summed E-state index contributed by atoms with van der Waals surface area (Å²) >= 11 is 0. The van der Waals surface area contributed by atoms with Crippen molar-refractivity contribution in [2.24, 2.45) is 0 Å². The van der Waals surface area contributed by atoms with Crippen molar-refractivity contribution in [3.05, 3.63) is 53.6 Å². The van der Waals surface area contributed by atoms with Crippen LogP contribution in [0.3, 0.4) is 0 Å². The van der Waals surface area contributed by atoms with Gasteiger partial charge in [-0.2, -0.15) is 0 Å². The molecule has 0 fully saturated rings. The monoisotopic (exact) mass is 252 g/mol. The van der Waals surface area contributed by atoms with Gasteiger partial charge in [0, 0.05) is 5.92 Å². The molecule has 3 rings (SSSR count). The molecule has 0 aliphatic heterocycles. The Hall–Kier alpha value is -1.76. The zero-order valence-electron chi connectivity index (χ0n) is 11.6. The molecule has 1 heteroatoms. The Morgan fingerprint density at radius 1 is 1.05 bits per heavy atom. The first-order valence-electron chi connectivity index (χ1n) is 7.04. The maximum atomic E-state index is 5.27. The summed E-state index contributed by atoms with van der Waals surface area (Å²) in [6.45, 7) is 2.32. The van der Waals surface area contributed by atoms with Crippen LogP contribution in [0.15, 0.2) is 48.0 Å². The third-order valence-corrected chi connectivity index (χ3v) is 4.20. The number of hydrogen-bond donors (Lipinski definition) is 0. The molecule has 0 bridgehead atoms. The van der Waals surface area contributed by atoms with Crippen LogP contribution in [0.25, 0.3) is 10.8 Å². The number of methoxy groups -OCH3 is 1. The van der Waals surface area contributed by atoms with Crippen molar-refractivity contribution in [3.63, 3.8) is 0 Å². The van der Waals surface area contributed by atoms with E-state index in [1.54, 1.807) is 12.7 Å². The summed E-state index contributed by atoms with van der Waals surface area (Å²) in [6.07, 6.45) is 6.26. The van der Waals surface area contributed by atoms with Gasteiger partial charge in [0.2, 0.25) is 0 Å². The van der Waals surface area contributed by atoms with Crippen molar-refractivity contribution in [3.8, 4) is 5.75 Å². The molecule has 0 saturated heterocycles. The number of allylic oxidation sites excluding steroid dienone is 2. The zero-order valence-corrected chi connectivity index (χ0v) is 11.6. The first-order valence-corrected chi connectivity index (χ1v) is 7.04. The van der Waals surface area contributed by atoms with Gasteiger partial charge in [-0.1, -0.05) is 42.8 Å². The number of fused-ring (bicyclic) bond motifs is 1. The molecule has 1 nitrogen and oxygen atoms in total. The molecule has 0 radical (unpaired) electrons. The highest BCUT2D eigenvalue weighted by atomic mass is 16.5. The van der Waals surface area contributed by atoms with Gasteiger partial charge in [-0.15, -0.1) is 0 Å². The van der Waals surface area contributed by atoms with Gasteiger partial charge in [0.25, 0.3) is 0 Å². The Morgan fingerprint density at radius 3 is 2.58 bits per heavy atom. The average Bonchev–Trinajstić information content (AvgIpc) is 2.99. The van der Waals surface area contributed by atoms with E-state index in [0.29, 0.717) is 5.92 Å². The fraction of sp³-hybridized carbons (Fsp3) is 0.333. The highest BCUT2D eigenvalue weighted by Gasteiger charge is 2.14. The molecular weight excluding hydrogens is 232 g/mol. The zero-order chi connectivity index (χ0) is 13.2. The van der Waals surface area contributed by atoms with Crippen LogP contribution < -0.4 is 4.74 Å². The van der Waals surface area contributed by atoms with E-state index in [1.807, 2.05) is 6.07 Å². The normalized spacial score (nSPS) is 16.4.